The zero-order valence-electron chi connectivity index (χ0n) is 11.8. The normalized spacial score (nSPS) is 14.9. The summed E-state index contributed by atoms with van der Waals surface area (Å²) in [5.74, 6) is 0. The zero-order chi connectivity index (χ0) is 12.8. The molecule has 3 heteroatoms. The van der Waals surface area contributed by atoms with Crippen LogP contribution in [0.25, 0.3) is 0 Å². The van der Waals surface area contributed by atoms with Crippen LogP contribution in [0.4, 0.5) is 0 Å². The van der Waals surface area contributed by atoms with Crippen molar-refractivity contribution >= 4 is 11.3 Å². The molecule has 0 amide bonds. The van der Waals surface area contributed by atoms with E-state index in [1.807, 2.05) is 11.3 Å². The molecule has 98 valence electrons. The third-order valence-corrected chi connectivity index (χ3v) is 4.47. The summed E-state index contributed by atoms with van der Waals surface area (Å²) in [6, 6.07) is 1.08. The summed E-state index contributed by atoms with van der Waals surface area (Å²) in [6.45, 7) is 11.0. The van der Waals surface area contributed by atoms with Crippen LogP contribution in [0.3, 0.4) is 0 Å². The lowest BCUT2D eigenvalue weighted by atomic mass is 10.1. The molecule has 1 aromatic heterocycles. The molecule has 2 unspecified atom stereocenters. The Hall–Kier alpha value is -0.410. The standard InChI is InChI=1S/C14H26N2S/c1-6-8-9-13(7-2)16-11(4)14-10(3)15-12(5)17-14/h11,13,16H,6-9H2,1-5H3. The molecule has 0 saturated heterocycles. The molecule has 0 aliphatic rings. The predicted octanol–water partition coefficient (Wildman–Crippen LogP) is 4.38. The van der Waals surface area contributed by atoms with Crippen LogP contribution in [0, 0.1) is 13.8 Å². The van der Waals surface area contributed by atoms with E-state index in [1.54, 1.807) is 0 Å². The minimum atomic E-state index is 0.433. The highest BCUT2D eigenvalue weighted by Crippen LogP contribution is 2.25. The summed E-state index contributed by atoms with van der Waals surface area (Å²) >= 11 is 1.83. The van der Waals surface area contributed by atoms with Gasteiger partial charge in [0.15, 0.2) is 0 Å². The Morgan fingerprint density at radius 3 is 2.47 bits per heavy atom. The molecular formula is C14H26N2S. The number of aryl methyl sites for hydroxylation is 2. The number of thiazole rings is 1. The number of unbranched alkanes of at least 4 members (excludes halogenated alkanes) is 1. The van der Waals surface area contributed by atoms with Crippen molar-refractivity contribution in [3.8, 4) is 0 Å². The van der Waals surface area contributed by atoms with E-state index in [0.717, 1.165) is 0 Å². The van der Waals surface area contributed by atoms with Gasteiger partial charge in [-0.1, -0.05) is 26.7 Å². The lowest BCUT2D eigenvalue weighted by molar-refractivity contribution is 0.412. The van der Waals surface area contributed by atoms with Crippen molar-refractivity contribution in [2.24, 2.45) is 0 Å². The highest BCUT2D eigenvalue weighted by molar-refractivity contribution is 7.11. The van der Waals surface area contributed by atoms with Crippen molar-refractivity contribution in [3.05, 3.63) is 15.6 Å². The van der Waals surface area contributed by atoms with E-state index in [0.29, 0.717) is 12.1 Å². The number of nitrogens with one attached hydrogen (secondary N) is 1. The van der Waals surface area contributed by atoms with E-state index in [2.05, 4.69) is 44.9 Å². The summed E-state index contributed by atoms with van der Waals surface area (Å²) < 4.78 is 0. The third-order valence-electron chi connectivity index (χ3n) is 3.22. The Labute approximate surface area is 110 Å². The lowest BCUT2D eigenvalue weighted by Crippen LogP contribution is -2.30. The maximum Gasteiger partial charge on any atom is 0.0900 e. The van der Waals surface area contributed by atoms with Crippen LogP contribution in [0.1, 0.15) is 68.1 Å². The van der Waals surface area contributed by atoms with Gasteiger partial charge in [0.1, 0.15) is 0 Å². The highest BCUT2D eigenvalue weighted by atomic mass is 32.1. The first-order valence-electron chi connectivity index (χ1n) is 6.78. The lowest BCUT2D eigenvalue weighted by Gasteiger charge is -2.21. The summed E-state index contributed by atoms with van der Waals surface area (Å²) in [7, 11) is 0. The Kier molecular flexibility index (Phi) is 6.14. The van der Waals surface area contributed by atoms with Gasteiger partial charge < -0.3 is 5.32 Å². The second kappa shape index (κ2) is 7.12. The number of rotatable bonds is 7. The highest BCUT2D eigenvalue weighted by Gasteiger charge is 2.15. The van der Waals surface area contributed by atoms with E-state index in [4.69, 9.17) is 0 Å². The first kappa shape index (κ1) is 14.7. The molecule has 17 heavy (non-hydrogen) atoms. The van der Waals surface area contributed by atoms with E-state index >= 15 is 0 Å². The summed E-state index contributed by atoms with van der Waals surface area (Å²) in [5, 5.41) is 4.92. The number of hydrogen-bond donors (Lipinski definition) is 1. The van der Waals surface area contributed by atoms with Gasteiger partial charge in [-0.15, -0.1) is 11.3 Å². The minimum absolute atomic E-state index is 0.433. The van der Waals surface area contributed by atoms with Crippen molar-refractivity contribution in [2.45, 2.75) is 72.4 Å². The molecule has 0 fully saturated rings. The van der Waals surface area contributed by atoms with Crippen LogP contribution in [0.15, 0.2) is 0 Å². The molecule has 0 radical (unpaired) electrons. The minimum Gasteiger partial charge on any atom is -0.307 e. The van der Waals surface area contributed by atoms with Crippen molar-refractivity contribution < 1.29 is 0 Å². The van der Waals surface area contributed by atoms with E-state index in [1.165, 1.54) is 41.3 Å². The Balaban J connectivity index is 2.57. The van der Waals surface area contributed by atoms with Crippen molar-refractivity contribution in [2.75, 3.05) is 0 Å². The maximum absolute atomic E-state index is 4.51. The summed E-state index contributed by atoms with van der Waals surface area (Å²) in [6.07, 6.45) is 5.10. The maximum atomic E-state index is 4.51. The molecule has 0 spiro atoms. The third kappa shape index (κ3) is 4.40. The van der Waals surface area contributed by atoms with Gasteiger partial charge >= 0.3 is 0 Å². The van der Waals surface area contributed by atoms with Crippen LogP contribution in [0.2, 0.25) is 0 Å². The van der Waals surface area contributed by atoms with Gasteiger partial charge in [-0.3, -0.25) is 0 Å². The average molecular weight is 254 g/mol. The zero-order valence-corrected chi connectivity index (χ0v) is 12.7. The van der Waals surface area contributed by atoms with Crippen molar-refractivity contribution in [1.29, 1.82) is 0 Å². The quantitative estimate of drug-likeness (QED) is 0.781. The molecule has 0 aliphatic carbocycles. The molecule has 0 aromatic carbocycles. The van der Waals surface area contributed by atoms with Gasteiger partial charge in [0.05, 0.1) is 10.7 Å². The smallest absolute Gasteiger partial charge is 0.0900 e. The fourth-order valence-electron chi connectivity index (χ4n) is 2.23. The molecule has 2 atom stereocenters. The van der Waals surface area contributed by atoms with Gasteiger partial charge in [0.25, 0.3) is 0 Å². The molecular weight excluding hydrogens is 228 g/mol. The molecule has 0 aliphatic heterocycles. The van der Waals surface area contributed by atoms with Crippen LogP contribution in [-0.2, 0) is 0 Å². The largest absolute Gasteiger partial charge is 0.307 e. The first-order chi connectivity index (χ1) is 8.08. The van der Waals surface area contributed by atoms with Crippen LogP contribution in [-0.4, -0.2) is 11.0 Å². The van der Waals surface area contributed by atoms with Crippen LogP contribution in [0.5, 0.6) is 0 Å². The van der Waals surface area contributed by atoms with Gasteiger partial charge in [0.2, 0.25) is 0 Å². The Morgan fingerprint density at radius 2 is 2.00 bits per heavy atom. The number of nitrogens with zero attached hydrogens (tertiary/aromatic N) is 1. The monoisotopic (exact) mass is 254 g/mol. The van der Waals surface area contributed by atoms with Gasteiger partial charge in [0, 0.05) is 17.0 Å². The summed E-state index contributed by atoms with van der Waals surface area (Å²) in [5.41, 5.74) is 1.19. The molecule has 0 saturated carbocycles. The van der Waals surface area contributed by atoms with E-state index in [-0.39, 0.29) is 0 Å². The molecule has 1 N–H and O–H groups in total. The van der Waals surface area contributed by atoms with E-state index in [9.17, 15) is 0 Å². The van der Waals surface area contributed by atoms with Crippen molar-refractivity contribution in [3.63, 3.8) is 0 Å². The van der Waals surface area contributed by atoms with Gasteiger partial charge in [-0.25, -0.2) is 4.98 Å². The van der Waals surface area contributed by atoms with Crippen molar-refractivity contribution in [1.82, 2.24) is 10.3 Å². The summed E-state index contributed by atoms with van der Waals surface area (Å²) in [4.78, 5) is 5.91. The fraction of sp³-hybridized carbons (Fsp3) is 0.786. The predicted molar refractivity (Wildman–Crippen MR) is 76.7 cm³/mol. The van der Waals surface area contributed by atoms with Crippen LogP contribution < -0.4 is 5.32 Å². The fourth-order valence-corrected chi connectivity index (χ4v) is 3.17. The molecule has 1 aromatic rings. The molecule has 1 rings (SSSR count). The molecule has 0 bridgehead atoms. The molecule has 2 nitrogen and oxygen atoms in total. The number of aromatic nitrogens is 1. The van der Waals surface area contributed by atoms with Gasteiger partial charge in [-0.05, 0) is 33.6 Å². The Morgan fingerprint density at radius 1 is 1.29 bits per heavy atom. The average Bonchev–Trinajstić information content (AvgIpc) is 2.63. The van der Waals surface area contributed by atoms with Gasteiger partial charge in [-0.2, -0.15) is 0 Å². The molecule has 1 heterocycles. The Bertz CT molecular complexity index is 333. The van der Waals surface area contributed by atoms with Crippen LogP contribution >= 0.6 is 11.3 Å². The number of hydrogen-bond acceptors (Lipinski definition) is 3. The first-order valence-corrected chi connectivity index (χ1v) is 7.60. The second-order valence-corrected chi connectivity index (χ2v) is 6.05. The SMILES string of the molecule is CCCCC(CC)NC(C)c1sc(C)nc1C. The second-order valence-electron chi connectivity index (χ2n) is 4.82. The topological polar surface area (TPSA) is 24.9 Å². The van der Waals surface area contributed by atoms with E-state index < -0.39 is 0 Å².